The van der Waals surface area contributed by atoms with E-state index in [-0.39, 0.29) is 24.3 Å². The van der Waals surface area contributed by atoms with Crippen LogP contribution in [0.4, 0.5) is 0 Å². The summed E-state index contributed by atoms with van der Waals surface area (Å²) in [6.07, 6.45) is 10.2. The van der Waals surface area contributed by atoms with E-state index < -0.39 is 0 Å². The molecule has 0 spiro atoms. The standard InChI is InChI=1S/C46H48N4O2/c1-3-29-49-31-13-11-27-41(49)43(37-25-15-19-33-17-5-7-21-35(33)37)51-45-39-23-9-10-24-40(39)46(48-47-45)52-44(42-28-12-14-32-50(42)30-4-2)38-26-16-20-34-18-6-8-22-36(34)38/h3-10,15-26,41-44H,1-2,11-14,27-32H2/t41-,42?,43?,44+/m0/s1. The highest BCUT2D eigenvalue weighted by Gasteiger charge is 2.36. The van der Waals surface area contributed by atoms with Crippen LogP contribution in [0.1, 0.15) is 61.9 Å². The topological polar surface area (TPSA) is 50.7 Å². The van der Waals surface area contributed by atoms with E-state index in [1.54, 1.807) is 0 Å². The van der Waals surface area contributed by atoms with Gasteiger partial charge in [0.1, 0.15) is 12.2 Å². The van der Waals surface area contributed by atoms with Gasteiger partial charge in [-0.3, -0.25) is 9.80 Å². The van der Waals surface area contributed by atoms with Crippen molar-refractivity contribution in [3.8, 4) is 11.8 Å². The molecule has 1 aromatic heterocycles. The molecule has 6 heteroatoms. The Hall–Kier alpha value is -5.04. The summed E-state index contributed by atoms with van der Waals surface area (Å²) in [7, 11) is 0. The number of hydrogen-bond acceptors (Lipinski definition) is 6. The molecule has 0 amide bonds. The number of ether oxygens (including phenoxy) is 2. The lowest BCUT2D eigenvalue weighted by Gasteiger charge is -2.40. The van der Waals surface area contributed by atoms with Gasteiger partial charge in [-0.25, -0.2) is 0 Å². The van der Waals surface area contributed by atoms with Gasteiger partial charge in [0.2, 0.25) is 11.8 Å². The third kappa shape index (κ3) is 6.81. The maximum Gasteiger partial charge on any atom is 0.242 e. The van der Waals surface area contributed by atoms with Crippen molar-refractivity contribution in [2.75, 3.05) is 26.2 Å². The number of likely N-dealkylation sites (tertiary alicyclic amines) is 2. The van der Waals surface area contributed by atoms with Crippen molar-refractivity contribution in [1.82, 2.24) is 20.0 Å². The molecule has 3 heterocycles. The van der Waals surface area contributed by atoms with E-state index in [1.807, 2.05) is 24.3 Å². The maximum absolute atomic E-state index is 7.18. The SMILES string of the molecule is C=CCN1CCCCC1[C@H](Oc1nnc(OC(c2cccc3ccccc23)[C@@H]2CCCCN2CC=C)c2ccccc12)c1cccc2ccccc12. The lowest BCUT2D eigenvalue weighted by Crippen LogP contribution is -2.45. The number of fused-ring (bicyclic) bond motifs is 3. The van der Waals surface area contributed by atoms with Crippen molar-refractivity contribution < 1.29 is 9.47 Å². The molecule has 8 rings (SSSR count). The van der Waals surface area contributed by atoms with Crippen LogP contribution in [0.25, 0.3) is 32.3 Å². The second-order valence-electron chi connectivity index (χ2n) is 14.3. The average Bonchev–Trinajstić information content (AvgIpc) is 3.20. The van der Waals surface area contributed by atoms with Crippen LogP contribution >= 0.6 is 0 Å². The van der Waals surface area contributed by atoms with Crippen LogP contribution in [-0.4, -0.2) is 58.3 Å². The number of piperidine rings is 2. The third-order valence-electron chi connectivity index (χ3n) is 11.1. The molecular weight excluding hydrogens is 641 g/mol. The predicted molar refractivity (Wildman–Crippen MR) is 213 cm³/mol. The first-order chi connectivity index (χ1) is 25.7. The molecule has 0 bridgehead atoms. The van der Waals surface area contributed by atoms with Gasteiger partial charge >= 0.3 is 0 Å². The van der Waals surface area contributed by atoms with E-state index >= 15 is 0 Å². The van der Waals surface area contributed by atoms with Crippen molar-refractivity contribution in [1.29, 1.82) is 0 Å². The molecule has 6 nitrogen and oxygen atoms in total. The van der Waals surface area contributed by atoms with Gasteiger partial charge in [0.05, 0.1) is 22.9 Å². The summed E-state index contributed by atoms with van der Waals surface area (Å²) in [5.41, 5.74) is 2.33. The number of nitrogens with zero attached hydrogens (tertiary/aromatic N) is 4. The summed E-state index contributed by atoms with van der Waals surface area (Å²) in [6, 6.07) is 38.8. The summed E-state index contributed by atoms with van der Waals surface area (Å²) in [5.74, 6) is 1.05. The van der Waals surface area contributed by atoms with Crippen molar-refractivity contribution in [2.24, 2.45) is 0 Å². The van der Waals surface area contributed by atoms with Gasteiger partial charge in [-0.15, -0.1) is 23.4 Å². The number of benzene rings is 5. The first-order valence-corrected chi connectivity index (χ1v) is 19.0. The van der Waals surface area contributed by atoms with Crippen LogP contribution in [0.5, 0.6) is 11.8 Å². The Balaban J connectivity index is 1.22. The zero-order valence-corrected chi connectivity index (χ0v) is 29.9. The molecule has 0 N–H and O–H groups in total. The van der Waals surface area contributed by atoms with Crippen LogP contribution in [0.15, 0.2) is 135 Å². The Morgan fingerprint density at radius 1 is 0.538 bits per heavy atom. The molecule has 5 aromatic carbocycles. The zero-order valence-electron chi connectivity index (χ0n) is 29.9. The minimum Gasteiger partial charge on any atom is -0.466 e. The number of aromatic nitrogens is 2. The molecule has 264 valence electrons. The average molecular weight is 689 g/mol. The Kier molecular flexibility index (Phi) is 10.3. The predicted octanol–water partition coefficient (Wildman–Crippen LogP) is 10.3. The van der Waals surface area contributed by atoms with E-state index in [1.165, 1.54) is 45.5 Å². The smallest absolute Gasteiger partial charge is 0.242 e. The summed E-state index contributed by atoms with van der Waals surface area (Å²) in [4.78, 5) is 5.04. The monoisotopic (exact) mass is 688 g/mol. The highest BCUT2D eigenvalue weighted by molar-refractivity contribution is 5.91. The lowest BCUT2D eigenvalue weighted by atomic mass is 9.90. The highest BCUT2D eigenvalue weighted by atomic mass is 16.5. The summed E-state index contributed by atoms with van der Waals surface area (Å²) < 4.78 is 14.4. The molecule has 4 atom stereocenters. The van der Waals surface area contributed by atoms with Gasteiger partial charge in [0.15, 0.2) is 0 Å². The molecule has 2 saturated heterocycles. The fraction of sp³-hybridized carbons (Fsp3) is 0.304. The van der Waals surface area contributed by atoms with Gasteiger partial charge in [-0.2, -0.15) is 0 Å². The minimum absolute atomic E-state index is 0.159. The largest absolute Gasteiger partial charge is 0.466 e. The molecule has 2 unspecified atom stereocenters. The molecule has 6 aromatic rings. The zero-order chi connectivity index (χ0) is 35.3. The van der Waals surface area contributed by atoms with E-state index in [0.717, 1.165) is 62.6 Å². The summed E-state index contributed by atoms with van der Waals surface area (Å²) >= 11 is 0. The van der Waals surface area contributed by atoms with Crippen molar-refractivity contribution in [2.45, 2.75) is 62.8 Å². The van der Waals surface area contributed by atoms with E-state index in [9.17, 15) is 0 Å². The number of hydrogen-bond donors (Lipinski definition) is 0. The van der Waals surface area contributed by atoms with E-state index in [0.29, 0.717) is 11.8 Å². The Labute approximate surface area is 307 Å². The molecule has 0 aliphatic carbocycles. The van der Waals surface area contributed by atoms with Gasteiger partial charge in [0.25, 0.3) is 0 Å². The van der Waals surface area contributed by atoms with Gasteiger partial charge in [0, 0.05) is 24.2 Å². The third-order valence-corrected chi connectivity index (χ3v) is 11.1. The van der Waals surface area contributed by atoms with E-state index in [4.69, 9.17) is 19.7 Å². The Bertz CT molecular complexity index is 2020. The van der Waals surface area contributed by atoms with Crippen LogP contribution in [0, 0.1) is 0 Å². The lowest BCUT2D eigenvalue weighted by molar-refractivity contribution is 0.0423. The normalized spacial score (nSPS) is 19.7. The maximum atomic E-state index is 7.18. The molecule has 52 heavy (non-hydrogen) atoms. The summed E-state index contributed by atoms with van der Waals surface area (Å²) in [5, 5.41) is 16.3. The number of rotatable bonds is 12. The van der Waals surface area contributed by atoms with E-state index in [2.05, 4.69) is 120 Å². The second-order valence-corrected chi connectivity index (χ2v) is 14.3. The Morgan fingerprint density at radius 2 is 0.942 bits per heavy atom. The first-order valence-electron chi connectivity index (χ1n) is 19.0. The molecule has 0 radical (unpaired) electrons. The van der Waals surface area contributed by atoms with Crippen LogP contribution in [-0.2, 0) is 0 Å². The van der Waals surface area contributed by atoms with Crippen LogP contribution in [0.2, 0.25) is 0 Å². The fourth-order valence-corrected chi connectivity index (χ4v) is 8.67. The molecule has 2 aliphatic heterocycles. The first kappa shape index (κ1) is 34.1. The summed E-state index contributed by atoms with van der Waals surface area (Å²) in [6.45, 7) is 11.8. The minimum atomic E-state index is -0.256. The Morgan fingerprint density at radius 3 is 1.38 bits per heavy atom. The van der Waals surface area contributed by atoms with Crippen LogP contribution in [0.3, 0.4) is 0 Å². The van der Waals surface area contributed by atoms with Crippen molar-refractivity contribution in [3.63, 3.8) is 0 Å². The molecular formula is C46H48N4O2. The van der Waals surface area contributed by atoms with Crippen molar-refractivity contribution in [3.05, 3.63) is 146 Å². The molecule has 2 fully saturated rings. The van der Waals surface area contributed by atoms with Gasteiger partial charge in [-0.05, 0) is 72.5 Å². The molecule has 0 saturated carbocycles. The van der Waals surface area contributed by atoms with Gasteiger partial charge in [-0.1, -0.05) is 122 Å². The second kappa shape index (κ2) is 15.7. The van der Waals surface area contributed by atoms with Crippen molar-refractivity contribution >= 4 is 32.3 Å². The van der Waals surface area contributed by atoms with Crippen LogP contribution < -0.4 is 9.47 Å². The quantitative estimate of drug-likeness (QED) is 0.119. The fourth-order valence-electron chi connectivity index (χ4n) is 8.67. The molecule has 2 aliphatic rings. The van der Waals surface area contributed by atoms with Gasteiger partial charge < -0.3 is 9.47 Å². The highest BCUT2D eigenvalue weighted by Crippen LogP contribution is 2.41.